The van der Waals surface area contributed by atoms with E-state index in [1.807, 2.05) is 31.7 Å². The number of ether oxygens (including phenoxy) is 1. The van der Waals surface area contributed by atoms with Crippen LogP contribution < -0.4 is 5.32 Å². The molecule has 1 heterocycles. The van der Waals surface area contributed by atoms with E-state index in [1.165, 1.54) is 0 Å². The molecule has 0 aromatic rings. The molecule has 5 heteroatoms. The van der Waals surface area contributed by atoms with Gasteiger partial charge in [0.05, 0.1) is 12.2 Å². The molecular weight excluding hydrogens is 256 g/mol. The van der Waals surface area contributed by atoms with Crippen LogP contribution >= 0.6 is 0 Å². The molecule has 1 aliphatic heterocycles. The Morgan fingerprint density at radius 1 is 1.45 bits per heavy atom. The number of carbonyl (C=O) groups is 2. The zero-order valence-corrected chi connectivity index (χ0v) is 12.5. The van der Waals surface area contributed by atoms with Crippen molar-refractivity contribution in [1.82, 2.24) is 10.2 Å². The molecule has 1 saturated heterocycles. The third kappa shape index (κ3) is 4.81. The van der Waals surface area contributed by atoms with Crippen molar-refractivity contribution in [2.75, 3.05) is 13.1 Å². The van der Waals surface area contributed by atoms with Gasteiger partial charge in [-0.1, -0.05) is 19.6 Å². The second-order valence-corrected chi connectivity index (χ2v) is 5.26. The largest absolute Gasteiger partial charge is 0.372 e. The highest BCUT2D eigenvalue weighted by atomic mass is 16.5. The van der Waals surface area contributed by atoms with E-state index >= 15 is 0 Å². The van der Waals surface area contributed by atoms with Crippen molar-refractivity contribution in [2.24, 2.45) is 5.92 Å². The first-order chi connectivity index (χ1) is 9.47. The van der Waals surface area contributed by atoms with Gasteiger partial charge in [-0.25, -0.2) is 0 Å². The van der Waals surface area contributed by atoms with E-state index in [9.17, 15) is 9.59 Å². The Labute approximate surface area is 120 Å². The second-order valence-electron chi connectivity index (χ2n) is 5.26. The smallest absolute Gasteiger partial charge is 0.225 e. The Morgan fingerprint density at radius 3 is 2.55 bits per heavy atom. The summed E-state index contributed by atoms with van der Waals surface area (Å²) in [5.74, 6) is -0.00586. The SMILES string of the molecule is C=C/C(=C\CC(C)C(=O)N1CC(C)OC(C)C1)NC=O. The summed E-state index contributed by atoms with van der Waals surface area (Å²) in [6.07, 6.45) is 4.70. The van der Waals surface area contributed by atoms with Crippen molar-refractivity contribution in [2.45, 2.75) is 39.4 Å². The first-order valence-corrected chi connectivity index (χ1v) is 6.95. The molecule has 0 saturated carbocycles. The van der Waals surface area contributed by atoms with Gasteiger partial charge in [0.2, 0.25) is 12.3 Å². The van der Waals surface area contributed by atoms with Crippen molar-refractivity contribution in [3.63, 3.8) is 0 Å². The number of hydrogen-bond donors (Lipinski definition) is 1. The van der Waals surface area contributed by atoms with Gasteiger partial charge in [0.1, 0.15) is 0 Å². The predicted molar refractivity (Wildman–Crippen MR) is 77.8 cm³/mol. The third-order valence-electron chi connectivity index (χ3n) is 3.29. The van der Waals surface area contributed by atoms with Crippen LogP contribution in [0.3, 0.4) is 0 Å². The molecule has 3 atom stereocenters. The third-order valence-corrected chi connectivity index (χ3v) is 3.29. The summed E-state index contributed by atoms with van der Waals surface area (Å²) in [5, 5.41) is 2.54. The number of rotatable bonds is 6. The van der Waals surface area contributed by atoms with Crippen molar-refractivity contribution >= 4 is 12.3 Å². The van der Waals surface area contributed by atoms with Crippen LogP contribution in [0.5, 0.6) is 0 Å². The van der Waals surface area contributed by atoms with Crippen LogP contribution in [0.25, 0.3) is 0 Å². The van der Waals surface area contributed by atoms with Crippen molar-refractivity contribution in [1.29, 1.82) is 0 Å². The Hall–Kier alpha value is -1.62. The number of allylic oxidation sites excluding steroid dienone is 2. The molecule has 0 radical (unpaired) electrons. The lowest BCUT2D eigenvalue weighted by Gasteiger charge is -2.36. The number of morpholine rings is 1. The predicted octanol–water partition coefficient (Wildman–Crippen LogP) is 1.46. The van der Waals surface area contributed by atoms with Gasteiger partial charge in [-0.3, -0.25) is 9.59 Å². The average Bonchev–Trinajstić information content (AvgIpc) is 2.41. The maximum Gasteiger partial charge on any atom is 0.225 e. The molecule has 0 spiro atoms. The van der Waals surface area contributed by atoms with E-state index < -0.39 is 0 Å². The van der Waals surface area contributed by atoms with Gasteiger partial charge < -0.3 is 15.0 Å². The van der Waals surface area contributed by atoms with Crippen LogP contribution in [-0.2, 0) is 14.3 Å². The Balaban J connectivity index is 2.57. The molecule has 112 valence electrons. The van der Waals surface area contributed by atoms with E-state index in [0.717, 1.165) is 0 Å². The summed E-state index contributed by atoms with van der Waals surface area (Å²) < 4.78 is 5.63. The number of amides is 2. The van der Waals surface area contributed by atoms with Gasteiger partial charge in [0.15, 0.2) is 0 Å². The molecule has 0 aromatic carbocycles. The molecule has 0 bridgehead atoms. The minimum absolute atomic E-state index is 0.0749. The van der Waals surface area contributed by atoms with E-state index in [-0.39, 0.29) is 24.0 Å². The van der Waals surface area contributed by atoms with E-state index in [4.69, 9.17) is 4.74 Å². The van der Waals surface area contributed by atoms with Crippen LogP contribution in [0.2, 0.25) is 0 Å². The molecule has 0 aliphatic carbocycles. The standard InChI is InChI=1S/C15H24N2O3/c1-5-14(16-10-18)7-6-11(2)15(19)17-8-12(3)20-13(4)9-17/h5,7,10-13H,1,6,8-9H2,2-4H3,(H,16,18)/b14-7+. The van der Waals surface area contributed by atoms with E-state index in [2.05, 4.69) is 11.9 Å². The summed E-state index contributed by atoms with van der Waals surface area (Å²) >= 11 is 0. The Bertz CT molecular complexity index is 383. The highest BCUT2D eigenvalue weighted by Crippen LogP contribution is 2.16. The maximum atomic E-state index is 12.4. The highest BCUT2D eigenvalue weighted by molar-refractivity contribution is 5.78. The van der Waals surface area contributed by atoms with E-state index in [1.54, 1.807) is 6.08 Å². The quantitative estimate of drug-likeness (QED) is 0.592. The number of hydrogen-bond acceptors (Lipinski definition) is 3. The molecule has 5 nitrogen and oxygen atoms in total. The topological polar surface area (TPSA) is 58.6 Å². The van der Waals surface area contributed by atoms with Gasteiger partial charge >= 0.3 is 0 Å². The highest BCUT2D eigenvalue weighted by Gasteiger charge is 2.28. The molecule has 1 fully saturated rings. The zero-order chi connectivity index (χ0) is 15.1. The lowest BCUT2D eigenvalue weighted by molar-refractivity contribution is -0.146. The van der Waals surface area contributed by atoms with Crippen LogP contribution in [0, 0.1) is 5.92 Å². The minimum atomic E-state index is -0.129. The molecule has 1 N–H and O–H groups in total. The van der Waals surface area contributed by atoms with Crippen LogP contribution in [0.15, 0.2) is 24.4 Å². The monoisotopic (exact) mass is 280 g/mol. The normalized spacial score (nSPS) is 24.9. The van der Waals surface area contributed by atoms with Gasteiger partial charge in [0, 0.05) is 24.7 Å². The Morgan fingerprint density at radius 2 is 2.05 bits per heavy atom. The van der Waals surface area contributed by atoms with Crippen molar-refractivity contribution in [3.05, 3.63) is 24.4 Å². The van der Waals surface area contributed by atoms with Crippen LogP contribution in [0.4, 0.5) is 0 Å². The summed E-state index contributed by atoms with van der Waals surface area (Å²) in [7, 11) is 0. The molecule has 20 heavy (non-hydrogen) atoms. The zero-order valence-electron chi connectivity index (χ0n) is 12.5. The van der Waals surface area contributed by atoms with Gasteiger partial charge in [-0.05, 0) is 26.3 Å². The lowest BCUT2D eigenvalue weighted by Crippen LogP contribution is -2.49. The van der Waals surface area contributed by atoms with Gasteiger partial charge in [-0.15, -0.1) is 0 Å². The van der Waals surface area contributed by atoms with Gasteiger partial charge in [0.25, 0.3) is 0 Å². The lowest BCUT2D eigenvalue weighted by atomic mass is 10.0. The second kappa shape index (κ2) is 7.85. The fraction of sp³-hybridized carbons (Fsp3) is 0.600. The molecule has 1 rings (SSSR count). The summed E-state index contributed by atoms with van der Waals surface area (Å²) in [4.78, 5) is 24.6. The van der Waals surface area contributed by atoms with Crippen LogP contribution in [0.1, 0.15) is 27.2 Å². The summed E-state index contributed by atoms with van der Waals surface area (Å²) in [6, 6.07) is 0. The molecule has 2 amide bonds. The van der Waals surface area contributed by atoms with Crippen molar-refractivity contribution < 1.29 is 14.3 Å². The fourth-order valence-corrected chi connectivity index (χ4v) is 2.34. The van der Waals surface area contributed by atoms with Crippen molar-refractivity contribution in [3.8, 4) is 0 Å². The van der Waals surface area contributed by atoms with E-state index in [0.29, 0.717) is 31.6 Å². The molecular formula is C15H24N2O3. The molecule has 3 unspecified atom stereocenters. The number of carbonyl (C=O) groups excluding carboxylic acids is 2. The first-order valence-electron chi connectivity index (χ1n) is 6.95. The van der Waals surface area contributed by atoms with Crippen LogP contribution in [-0.4, -0.2) is 42.5 Å². The fourth-order valence-electron chi connectivity index (χ4n) is 2.34. The average molecular weight is 280 g/mol. The summed E-state index contributed by atoms with van der Waals surface area (Å²) in [6.45, 7) is 10.7. The summed E-state index contributed by atoms with van der Waals surface area (Å²) in [5.41, 5.74) is 0.628. The van der Waals surface area contributed by atoms with Gasteiger partial charge in [-0.2, -0.15) is 0 Å². The minimum Gasteiger partial charge on any atom is -0.372 e. The Kier molecular flexibility index (Phi) is 6.45. The molecule has 1 aliphatic rings. The number of nitrogens with zero attached hydrogens (tertiary/aromatic N) is 1. The molecule has 0 aromatic heterocycles. The number of nitrogens with one attached hydrogen (secondary N) is 1. The first kappa shape index (κ1) is 16.4. The maximum absolute atomic E-state index is 12.4.